The molecule has 1 N–H and O–H groups in total. The van der Waals surface area contributed by atoms with Gasteiger partial charge in [-0.05, 0) is 55.1 Å². The Bertz CT molecular complexity index is 968. The number of piperazine rings is 1. The molecule has 0 unspecified atom stereocenters. The van der Waals surface area contributed by atoms with E-state index in [1.54, 1.807) is 36.7 Å². The van der Waals surface area contributed by atoms with E-state index < -0.39 is 0 Å². The number of hydrogen-bond acceptors (Lipinski definition) is 5. The first kappa shape index (κ1) is 19.9. The van der Waals surface area contributed by atoms with E-state index in [9.17, 15) is 4.79 Å². The van der Waals surface area contributed by atoms with Gasteiger partial charge in [0, 0.05) is 37.9 Å². The number of nitrogens with zero attached hydrogens (tertiary/aromatic N) is 3. The number of likely N-dealkylation sites (N-methyl/N-ethyl adjacent to an activating group) is 1. The highest BCUT2D eigenvalue weighted by atomic mass is 16.5. The Morgan fingerprint density at radius 3 is 2.43 bits per heavy atom. The minimum atomic E-state index is -0.137. The van der Waals surface area contributed by atoms with Crippen LogP contribution >= 0.6 is 0 Å². The maximum atomic E-state index is 12.8. The number of aromatic nitrogens is 1. The Balaban J connectivity index is 1.43. The fourth-order valence-corrected chi connectivity index (χ4v) is 3.57. The summed E-state index contributed by atoms with van der Waals surface area (Å²) in [6, 6.07) is 18.8. The van der Waals surface area contributed by atoms with Crippen LogP contribution in [-0.2, 0) is 0 Å². The molecule has 154 valence electrons. The standard InChI is InChI=1S/C24H26N4O2/c1-2-27-14-16-28(17-15-27)23-8-4-3-7-22(23)26-24(29)19-9-11-20(12-10-19)30-21-6-5-13-25-18-21/h3-13,18H,2,14-17H2,1H3,(H,26,29). The van der Waals surface area contributed by atoms with Crippen LogP contribution in [-0.4, -0.2) is 48.5 Å². The van der Waals surface area contributed by atoms with Crippen LogP contribution in [0.25, 0.3) is 0 Å². The first-order valence-corrected chi connectivity index (χ1v) is 10.3. The largest absolute Gasteiger partial charge is 0.456 e. The molecule has 0 saturated carbocycles. The van der Waals surface area contributed by atoms with Crippen LogP contribution in [0.2, 0.25) is 0 Å². The van der Waals surface area contributed by atoms with E-state index in [4.69, 9.17) is 4.74 Å². The topological polar surface area (TPSA) is 57.7 Å². The Morgan fingerprint density at radius 2 is 1.73 bits per heavy atom. The lowest BCUT2D eigenvalue weighted by atomic mass is 10.1. The molecular formula is C24H26N4O2. The van der Waals surface area contributed by atoms with Crippen LogP contribution in [0.4, 0.5) is 11.4 Å². The number of carbonyl (C=O) groups is 1. The molecule has 1 aliphatic heterocycles. The zero-order chi connectivity index (χ0) is 20.8. The first-order chi connectivity index (χ1) is 14.7. The number of benzene rings is 2. The molecule has 0 aliphatic carbocycles. The number of anilines is 2. The van der Waals surface area contributed by atoms with Crippen LogP contribution < -0.4 is 15.0 Å². The van der Waals surface area contributed by atoms with E-state index in [-0.39, 0.29) is 5.91 Å². The summed E-state index contributed by atoms with van der Waals surface area (Å²) in [4.78, 5) is 21.6. The maximum absolute atomic E-state index is 12.8. The normalized spacial score (nSPS) is 14.4. The first-order valence-electron chi connectivity index (χ1n) is 10.3. The summed E-state index contributed by atoms with van der Waals surface area (Å²) in [6.07, 6.45) is 3.35. The monoisotopic (exact) mass is 402 g/mol. The van der Waals surface area contributed by atoms with Crippen molar-refractivity contribution in [2.75, 3.05) is 42.9 Å². The second-order valence-electron chi connectivity index (χ2n) is 7.21. The number of nitrogens with one attached hydrogen (secondary N) is 1. The second kappa shape index (κ2) is 9.41. The number of pyridine rings is 1. The van der Waals surface area contributed by atoms with Gasteiger partial charge >= 0.3 is 0 Å². The molecule has 1 aromatic heterocycles. The van der Waals surface area contributed by atoms with Crippen molar-refractivity contribution in [2.24, 2.45) is 0 Å². The van der Waals surface area contributed by atoms with Crippen LogP contribution in [0.3, 0.4) is 0 Å². The van der Waals surface area contributed by atoms with Crippen molar-refractivity contribution in [2.45, 2.75) is 6.92 Å². The van der Waals surface area contributed by atoms with Crippen LogP contribution in [0.1, 0.15) is 17.3 Å². The highest BCUT2D eigenvalue weighted by Crippen LogP contribution is 2.27. The minimum Gasteiger partial charge on any atom is -0.456 e. The third-order valence-corrected chi connectivity index (χ3v) is 5.30. The predicted molar refractivity (Wildman–Crippen MR) is 119 cm³/mol. The zero-order valence-corrected chi connectivity index (χ0v) is 17.1. The zero-order valence-electron chi connectivity index (χ0n) is 17.1. The molecule has 2 heterocycles. The molecule has 6 heteroatoms. The summed E-state index contributed by atoms with van der Waals surface area (Å²) in [5.74, 6) is 1.18. The Labute approximate surface area is 177 Å². The average molecular weight is 402 g/mol. The highest BCUT2D eigenvalue weighted by molar-refractivity contribution is 6.06. The third kappa shape index (κ3) is 4.78. The molecule has 0 spiro atoms. The van der Waals surface area contributed by atoms with Gasteiger partial charge in [-0.3, -0.25) is 9.78 Å². The molecular weight excluding hydrogens is 376 g/mol. The lowest BCUT2D eigenvalue weighted by Gasteiger charge is -2.36. The van der Waals surface area contributed by atoms with Gasteiger partial charge in [0.1, 0.15) is 11.5 Å². The number of ether oxygens (including phenoxy) is 1. The van der Waals surface area contributed by atoms with Crippen molar-refractivity contribution >= 4 is 17.3 Å². The van der Waals surface area contributed by atoms with Crippen molar-refractivity contribution < 1.29 is 9.53 Å². The summed E-state index contributed by atoms with van der Waals surface area (Å²) in [5.41, 5.74) is 2.49. The van der Waals surface area contributed by atoms with Crippen molar-refractivity contribution in [3.63, 3.8) is 0 Å². The number of rotatable bonds is 6. The van der Waals surface area contributed by atoms with E-state index in [0.717, 1.165) is 44.1 Å². The second-order valence-corrected chi connectivity index (χ2v) is 7.21. The van der Waals surface area contributed by atoms with Crippen LogP contribution in [0, 0.1) is 0 Å². The van der Waals surface area contributed by atoms with Crippen molar-refractivity contribution in [3.8, 4) is 11.5 Å². The van der Waals surface area contributed by atoms with Crippen LogP contribution in [0.15, 0.2) is 73.1 Å². The van der Waals surface area contributed by atoms with Crippen molar-refractivity contribution in [3.05, 3.63) is 78.6 Å². The molecule has 0 bridgehead atoms. The van der Waals surface area contributed by atoms with Crippen LogP contribution in [0.5, 0.6) is 11.5 Å². The Kier molecular flexibility index (Phi) is 6.25. The van der Waals surface area contributed by atoms with Gasteiger partial charge in [0.25, 0.3) is 5.91 Å². The molecule has 30 heavy (non-hydrogen) atoms. The molecule has 6 nitrogen and oxygen atoms in total. The molecule has 1 aliphatic rings. The quantitative estimate of drug-likeness (QED) is 0.667. The lowest BCUT2D eigenvalue weighted by Crippen LogP contribution is -2.46. The van der Waals surface area contributed by atoms with E-state index in [0.29, 0.717) is 17.1 Å². The Morgan fingerprint density at radius 1 is 0.967 bits per heavy atom. The number of hydrogen-bond donors (Lipinski definition) is 1. The van der Waals surface area contributed by atoms with Crippen molar-refractivity contribution in [1.82, 2.24) is 9.88 Å². The van der Waals surface area contributed by atoms with E-state index in [1.165, 1.54) is 0 Å². The number of carbonyl (C=O) groups excluding carboxylic acids is 1. The molecule has 1 saturated heterocycles. The van der Waals surface area contributed by atoms with Gasteiger partial charge in [-0.1, -0.05) is 19.1 Å². The predicted octanol–water partition coefficient (Wildman–Crippen LogP) is 4.27. The molecule has 3 aromatic rings. The average Bonchev–Trinajstić information content (AvgIpc) is 2.81. The summed E-state index contributed by atoms with van der Waals surface area (Å²) >= 11 is 0. The van der Waals surface area contributed by atoms with E-state index in [2.05, 4.69) is 33.1 Å². The molecule has 2 aromatic carbocycles. The highest BCUT2D eigenvalue weighted by Gasteiger charge is 2.19. The summed E-state index contributed by atoms with van der Waals surface area (Å²) < 4.78 is 5.74. The van der Waals surface area contributed by atoms with E-state index >= 15 is 0 Å². The third-order valence-electron chi connectivity index (χ3n) is 5.30. The van der Waals surface area contributed by atoms with Gasteiger partial charge in [-0.15, -0.1) is 0 Å². The fourth-order valence-electron chi connectivity index (χ4n) is 3.57. The van der Waals surface area contributed by atoms with E-state index in [1.807, 2.05) is 30.3 Å². The fraction of sp³-hybridized carbons (Fsp3) is 0.250. The lowest BCUT2D eigenvalue weighted by molar-refractivity contribution is 0.102. The molecule has 0 radical (unpaired) electrons. The van der Waals surface area contributed by atoms with Gasteiger partial charge in [-0.2, -0.15) is 0 Å². The van der Waals surface area contributed by atoms with Gasteiger partial charge in [0.2, 0.25) is 0 Å². The molecule has 1 fully saturated rings. The summed E-state index contributed by atoms with van der Waals surface area (Å²) in [7, 11) is 0. The minimum absolute atomic E-state index is 0.137. The van der Waals surface area contributed by atoms with Crippen molar-refractivity contribution in [1.29, 1.82) is 0 Å². The maximum Gasteiger partial charge on any atom is 0.255 e. The molecule has 1 amide bonds. The number of para-hydroxylation sites is 2. The SMILES string of the molecule is CCN1CCN(c2ccccc2NC(=O)c2ccc(Oc3cccnc3)cc2)CC1. The van der Waals surface area contributed by atoms with Gasteiger partial charge in [0.05, 0.1) is 17.6 Å². The Hall–Kier alpha value is -3.38. The molecule has 0 atom stereocenters. The van der Waals surface area contributed by atoms with Gasteiger partial charge < -0.3 is 19.9 Å². The van der Waals surface area contributed by atoms with Gasteiger partial charge in [0.15, 0.2) is 0 Å². The van der Waals surface area contributed by atoms with Gasteiger partial charge in [-0.25, -0.2) is 0 Å². The number of amides is 1. The molecule has 4 rings (SSSR count). The smallest absolute Gasteiger partial charge is 0.255 e. The summed E-state index contributed by atoms with van der Waals surface area (Å²) in [5, 5.41) is 3.07. The summed E-state index contributed by atoms with van der Waals surface area (Å²) in [6.45, 7) is 7.26.